The zero-order valence-electron chi connectivity index (χ0n) is 32.1. The number of carbonyl (C=O) groups is 1. The van der Waals surface area contributed by atoms with Crippen molar-refractivity contribution in [1.82, 2.24) is 14.5 Å². The summed E-state index contributed by atoms with van der Waals surface area (Å²) >= 11 is 6.52. The lowest BCUT2D eigenvalue weighted by molar-refractivity contribution is -0.0956. The van der Waals surface area contributed by atoms with Crippen molar-refractivity contribution >= 4 is 39.7 Å². The number of carbonyl (C=O) groups excluding carboxylic acids is 1. The van der Waals surface area contributed by atoms with Gasteiger partial charge in [-0.15, -0.1) is 0 Å². The van der Waals surface area contributed by atoms with Crippen molar-refractivity contribution in [1.29, 1.82) is 0 Å². The molecule has 2 aromatic carbocycles. The second kappa shape index (κ2) is 17.8. The molecule has 0 spiro atoms. The molecule has 7 atom stereocenters. The third-order valence-corrected chi connectivity index (χ3v) is 14.4. The van der Waals surface area contributed by atoms with E-state index >= 15 is 0 Å². The van der Waals surface area contributed by atoms with E-state index in [0.29, 0.717) is 29.9 Å². The first kappa shape index (κ1) is 39.3. The summed E-state index contributed by atoms with van der Waals surface area (Å²) in [6.45, 7) is 15.7. The van der Waals surface area contributed by atoms with E-state index < -0.39 is 16.3 Å². The maximum atomic E-state index is 13.7. The highest BCUT2D eigenvalue weighted by atomic mass is 35.5. The second-order valence-electron chi connectivity index (χ2n) is 15.6. The number of fused-ring (bicyclic) bond motifs is 2. The molecule has 10 heteroatoms. The highest BCUT2D eigenvalue weighted by molar-refractivity contribution is 8.13. The van der Waals surface area contributed by atoms with Crippen LogP contribution in [0.25, 0.3) is 0 Å². The summed E-state index contributed by atoms with van der Waals surface area (Å²) in [5.41, 5.74) is 3.85. The summed E-state index contributed by atoms with van der Waals surface area (Å²) in [5, 5.41) is 0.990. The Hall–Kier alpha value is -2.40. The van der Waals surface area contributed by atoms with Gasteiger partial charge in [0.25, 0.3) is 5.91 Å². The minimum Gasteiger partial charge on any atom is -0.491 e. The minimum atomic E-state index is -0.546. The highest BCUT2D eigenvalue weighted by Gasteiger charge is 2.48. The van der Waals surface area contributed by atoms with Crippen LogP contribution in [0.15, 0.2) is 48.6 Å². The predicted molar refractivity (Wildman–Crippen MR) is 218 cm³/mol. The van der Waals surface area contributed by atoms with Gasteiger partial charge in [0.2, 0.25) is 0 Å². The number of ether oxygens (including phenoxy) is 3. The van der Waals surface area contributed by atoms with Gasteiger partial charge < -0.3 is 23.8 Å². The van der Waals surface area contributed by atoms with Crippen molar-refractivity contribution in [2.75, 3.05) is 84.7 Å². The molecule has 2 bridgehead atoms. The average molecular weight is 753 g/mol. The van der Waals surface area contributed by atoms with Gasteiger partial charge in [-0.1, -0.05) is 73.6 Å². The summed E-state index contributed by atoms with van der Waals surface area (Å²) < 4.78 is 22.0. The van der Waals surface area contributed by atoms with Crippen LogP contribution in [0.2, 0.25) is 5.02 Å². The molecule has 1 saturated carbocycles. The van der Waals surface area contributed by atoms with Gasteiger partial charge in [-0.05, 0) is 84.9 Å². The zero-order chi connectivity index (χ0) is 36.8. The number of methoxy groups -OCH3 is 2. The molecule has 2 fully saturated rings. The molecule has 2 aromatic rings. The molecule has 52 heavy (non-hydrogen) atoms. The Balaban J connectivity index is 1.35. The number of aryl methyl sites for hydroxylation is 1. The van der Waals surface area contributed by atoms with Crippen LogP contribution in [0.4, 0.5) is 5.69 Å². The Labute approximate surface area is 320 Å². The molecule has 0 radical (unpaired) electrons. The van der Waals surface area contributed by atoms with Crippen molar-refractivity contribution in [2.24, 2.45) is 17.8 Å². The molecular weight excluding hydrogens is 692 g/mol. The molecule has 1 aliphatic carbocycles. The Morgan fingerprint density at radius 1 is 1.06 bits per heavy atom. The summed E-state index contributed by atoms with van der Waals surface area (Å²) in [6, 6.07) is 12.3. The standard InChI is InChI=1S/C42H61ClN4O4S/c1-7-9-32-24-36(43)13-14-37(32)35-27-47-26-34-11-15-38(34)42(50-5,29-46-20-18-45(19-21-46)22-23-49-4)17-8-10-30(2)31(3)52(6)44-41(48)33-12-16-40(51-28-35)39(47)25-33/h8,12-14,16-17,24-25,30-31,34-35,38H,6-7,9-11,15,18-23,26-29H2,1-5H3,(H,44,48)/b17-8+. The van der Waals surface area contributed by atoms with E-state index in [1.54, 1.807) is 7.11 Å². The number of hydrogen-bond donors (Lipinski definition) is 1. The van der Waals surface area contributed by atoms with E-state index in [1.165, 1.54) is 11.1 Å². The first-order valence-corrected chi connectivity index (χ1v) is 21.3. The fourth-order valence-corrected chi connectivity index (χ4v) is 10.1. The number of amides is 1. The van der Waals surface area contributed by atoms with Gasteiger partial charge >= 0.3 is 0 Å². The number of nitrogens with one attached hydrogen (secondary N) is 1. The van der Waals surface area contributed by atoms with E-state index in [-0.39, 0.29) is 17.1 Å². The van der Waals surface area contributed by atoms with Gasteiger partial charge in [0.05, 0.1) is 18.9 Å². The number of allylic oxidation sites excluding steroid dienone is 1. The van der Waals surface area contributed by atoms with Crippen LogP contribution in [0.3, 0.4) is 0 Å². The van der Waals surface area contributed by atoms with Gasteiger partial charge in [0.15, 0.2) is 0 Å². The van der Waals surface area contributed by atoms with E-state index in [9.17, 15) is 4.79 Å². The van der Waals surface area contributed by atoms with Gasteiger partial charge in [0.1, 0.15) is 11.4 Å². The Kier molecular flexibility index (Phi) is 13.5. The van der Waals surface area contributed by atoms with Gasteiger partial charge in [-0.3, -0.25) is 14.6 Å². The lowest BCUT2D eigenvalue weighted by Gasteiger charge is -2.52. The molecule has 1 saturated heterocycles. The maximum Gasteiger partial charge on any atom is 0.260 e. The third-order valence-electron chi connectivity index (χ3n) is 12.3. The molecule has 3 aliphatic heterocycles. The normalized spacial score (nSPS) is 31.1. The number of piperazine rings is 1. The van der Waals surface area contributed by atoms with Crippen LogP contribution < -0.4 is 14.4 Å². The smallest absolute Gasteiger partial charge is 0.260 e. The fraction of sp³-hybridized carbons (Fsp3) is 0.619. The van der Waals surface area contributed by atoms with E-state index in [0.717, 1.165) is 108 Å². The summed E-state index contributed by atoms with van der Waals surface area (Å²) in [6.07, 6.45) is 9.99. The molecule has 6 rings (SSSR count). The lowest BCUT2D eigenvalue weighted by Crippen LogP contribution is -2.58. The quantitative estimate of drug-likeness (QED) is 0.214. The van der Waals surface area contributed by atoms with Crippen LogP contribution in [0.5, 0.6) is 5.75 Å². The molecule has 8 nitrogen and oxygen atoms in total. The Morgan fingerprint density at radius 3 is 2.56 bits per heavy atom. The number of anilines is 1. The van der Waals surface area contributed by atoms with Crippen molar-refractivity contribution in [3.05, 3.63) is 70.3 Å². The van der Waals surface area contributed by atoms with Crippen molar-refractivity contribution in [3.63, 3.8) is 0 Å². The van der Waals surface area contributed by atoms with Gasteiger partial charge in [-0.2, -0.15) is 0 Å². The second-order valence-corrected chi connectivity index (χ2v) is 17.8. The number of nitrogens with zero attached hydrogens (tertiary/aromatic N) is 3. The summed E-state index contributed by atoms with van der Waals surface area (Å²) in [4.78, 5) is 21.4. The average Bonchev–Trinajstić information content (AvgIpc) is 3.31. The summed E-state index contributed by atoms with van der Waals surface area (Å²) in [5.74, 6) is 6.48. The monoisotopic (exact) mass is 752 g/mol. The van der Waals surface area contributed by atoms with Crippen LogP contribution in [0.1, 0.15) is 73.9 Å². The largest absolute Gasteiger partial charge is 0.491 e. The first-order valence-electron chi connectivity index (χ1n) is 19.4. The fourth-order valence-electron chi connectivity index (χ4n) is 8.71. The molecule has 7 unspecified atom stereocenters. The molecule has 0 aromatic heterocycles. The van der Waals surface area contributed by atoms with Gasteiger partial charge in [0, 0.05) is 88.3 Å². The minimum absolute atomic E-state index is 0.0752. The SMILES string of the molecule is C=S1NC(=O)c2ccc3c(c2)N(CC(c2ccc(Cl)cc2CCC)CO3)CC2CCC2C(CN2CCN(CCOC)CC2)(OC)/C=C/CC(C)C1C. The van der Waals surface area contributed by atoms with Crippen LogP contribution in [-0.4, -0.2) is 112 Å². The van der Waals surface area contributed by atoms with Crippen molar-refractivity contribution in [3.8, 4) is 5.75 Å². The van der Waals surface area contributed by atoms with Crippen LogP contribution in [-0.2, 0) is 15.9 Å². The topological polar surface area (TPSA) is 66.5 Å². The molecule has 286 valence electrons. The van der Waals surface area contributed by atoms with Crippen LogP contribution in [0, 0.1) is 17.8 Å². The predicted octanol–water partition coefficient (Wildman–Crippen LogP) is 7.28. The number of halogens is 1. The number of rotatable bonds is 9. The Bertz CT molecular complexity index is 1580. The molecule has 4 aliphatic rings. The molecule has 1 amide bonds. The van der Waals surface area contributed by atoms with E-state index in [2.05, 4.69) is 76.4 Å². The van der Waals surface area contributed by atoms with E-state index in [1.807, 2.05) is 25.3 Å². The third kappa shape index (κ3) is 8.93. The maximum absolute atomic E-state index is 13.7. The molecular formula is C42H61ClN4O4S. The summed E-state index contributed by atoms with van der Waals surface area (Å²) in [7, 11) is 3.16. The van der Waals surface area contributed by atoms with Gasteiger partial charge in [-0.25, -0.2) is 0 Å². The van der Waals surface area contributed by atoms with Crippen molar-refractivity contribution < 1.29 is 19.0 Å². The first-order chi connectivity index (χ1) is 25.1. The highest BCUT2D eigenvalue weighted by Crippen LogP contribution is 2.47. The van der Waals surface area contributed by atoms with Crippen LogP contribution >= 0.6 is 22.3 Å². The Morgan fingerprint density at radius 2 is 1.85 bits per heavy atom. The lowest BCUT2D eigenvalue weighted by atomic mass is 9.63. The number of hydrogen-bond acceptors (Lipinski definition) is 7. The number of benzene rings is 2. The zero-order valence-corrected chi connectivity index (χ0v) is 33.7. The van der Waals surface area contributed by atoms with Crippen molar-refractivity contribution in [2.45, 2.75) is 69.6 Å². The van der Waals surface area contributed by atoms with E-state index in [4.69, 9.17) is 25.8 Å². The molecule has 1 N–H and O–H groups in total. The molecule has 3 heterocycles.